The largest absolute Gasteiger partial charge is 0.321 e. The number of rotatable bonds is 2. The van der Waals surface area contributed by atoms with Crippen molar-refractivity contribution in [3.63, 3.8) is 0 Å². The normalized spacial score (nSPS) is 10.7. The minimum Gasteiger partial charge on any atom is -0.321 e. The number of imidazole rings is 1. The number of carbonyl (C=O) groups is 1. The van der Waals surface area contributed by atoms with E-state index in [-0.39, 0.29) is 5.91 Å². The number of aromatic nitrogens is 3. The van der Waals surface area contributed by atoms with Crippen LogP contribution in [0.2, 0.25) is 0 Å². The maximum Gasteiger partial charge on any atom is 0.255 e. The summed E-state index contributed by atoms with van der Waals surface area (Å²) in [6.45, 7) is 1.92. The number of anilines is 1. The van der Waals surface area contributed by atoms with Gasteiger partial charge >= 0.3 is 0 Å². The van der Waals surface area contributed by atoms with Crippen molar-refractivity contribution in [3.8, 4) is 0 Å². The zero-order valence-corrected chi connectivity index (χ0v) is 12.3. The number of hydrogen-bond donors (Lipinski definition) is 1. The molecule has 3 aromatic heterocycles. The molecular formula is C14H11BrN4O. The summed E-state index contributed by atoms with van der Waals surface area (Å²) in [5.74, 6) is -0.167. The van der Waals surface area contributed by atoms with Crippen molar-refractivity contribution in [1.29, 1.82) is 0 Å². The maximum atomic E-state index is 12.1. The Morgan fingerprint density at radius 1 is 1.25 bits per heavy atom. The molecule has 0 saturated heterocycles. The first kappa shape index (κ1) is 12.8. The summed E-state index contributed by atoms with van der Waals surface area (Å²) in [5.41, 5.74) is 3.01. The molecule has 0 aliphatic carbocycles. The Morgan fingerprint density at radius 2 is 2.00 bits per heavy atom. The molecular weight excluding hydrogens is 320 g/mol. The molecule has 0 aliphatic rings. The summed E-state index contributed by atoms with van der Waals surface area (Å²) in [4.78, 5) is 20.3. The first-order valence-corrected chi connectivity index (χ1v) is 6.80. The molecule has 0 atom stereocenters. The van der Waals surface area contributed by atoms with Crippen LogP contribution in [0.3, 0.4) is 0 Å². The first-order chi connectivity index (χ1) is 9.65. The van der Waals surface area contributed by atoms with Crippen LogP contribution in [0.5, 0.6) is 0 Å². The molecule has 5 nitrogen and oxygen atoms in total. The number of pyridine rings is 2. The van der Waals surface area contributed by atoms with E-state index in [2.05, 4.69) is 31.2 Å². The molecule has 3 rings (SSSR count). The Morgan fingerprint density at radius 3 is 2.75 bits per heavy atom. The van der Waals surface area contributed by atoms with E-state index < -0.39 is 0 Å². The Kier molecular flexibility index (Phi) is 3.23. The molecule has 6 heteroatoms. The summed E-state index contributed by atoms with van der Waals surface area (Å²) in [5, 5.41) is 2.85. The summed E-state index contributed by atoms with van der Waals surface area (Å²) >= 11 is 3.48. The number of hydrogen-bond acceptors (Lipinski definition) is 3. The van der Waals surface area contributed by atoms with Crippen molar-refractivity contribution in [2.75, 3.05) is 5.32 Å². The van der Waals surface area contributed by atoms with Gasteiger partial charge in [0.2, 0.25) is 0 Å². The van der Waals surface area contributed by atoms with Crippen LogP contribution in [-0.4, -0.2) is 20.3 Å². The molecule has 0 bridgehead atoms. The highest BCUT2D eigenvalue weighted by molar-refractivity contribution is 9.10. The van der Waals surface area contributed by atoms with Gasteiger partial charge in [0.05, 0.1) is 11.4 Å². The van der Waals surface area contributed by atoms with Crippen LogP contribution in [0.25, 0.3) is 5.65 Å². The second-order valence-corrected chi connectivity index (χ2v) is 5.08. The van der Waals surface area contributed by atoms with Gasteiger partial charge in [-0.2, -0.15) is 0 Å². The molecule has 0 aromatic carbocycles. The highest BCUT2D eigenvalue weighted by atomic mass is 79.9. The first-order valence-electron chi connectivity index (χ1n) is 6.01. The van der Waals surface area contributed by atoms with Crippen molar-refractivity contribution in [2.24, 2.45) is 0 Å². The molecule has 3 aromatic rings. The van der Waals surface area contributed by atoms with Crippen LogP contribution in [0.4, 0.5) is 5.69 Å². The Bertz CT molecular complexity index is 782. The number of aryl methyl sites for hydroxylation is 1. The molecule has 0 aliphatic heterocycles. The third-order valence-corrected chi connectivity index (χ3v) is 3.88. The van der Waals surface area contributed by atoms with Crippen molar-refractivity contribution < 1.29 is 4.79 Å². The fraction of sp³-hybridized carbons (Fsp3) is 0.0714. The van der Waals surface area contributed by atoms with Gasteiger partial charge in [0.25, 0.3) is 5.91 Å². The van der Waals surface area contributed by atoms with Crippen LogP contribution < -0.4 is 5.32 Å². The van der Waals surface area contributed by atoms with Gasteiger partial charge in [-0.1, -0.05) is 0 Å². The smallest absolute Gasteiger partial charge is 0.255 e. The van der Waals surface area contributed by atoms with E-state index in [9.17, 15) is 4.79 Å². The number of halogens is 1. The van der Waals surface area contributed by atoms with E-state index in [1.807, 2.05) is 29.7 Å². The number of carbonyl (C=O) groups excluding carboxylic acids is 1. The maximum absolute atomic E-state index is 12.1. The number of fused-ring (bicyclic) bond motifs is 1. The number of nitrogens with zero attached hydrogens (tertiary/aromatic N) is 3. The van der Waals surface area contributed by atoms with Crippen LogP contribution in [0, 0.1) is 6.92 Å². The lowest BCUT2D eigenvalue weighted by Crippen LogP contribution is -2.12. The van der Waals surface area contributed by atoms with Gasteiger partial charge in [-0.25, -0.2) is 4.98 Å². The topological polar surface area (TPSA) is 59.3 Å². The van der Waals surface area contributed by atoms with E-state index in [0.717, 1.165) is 15.9 Å². The average molecular weight is 331 g/mol. The SMILES string of the molecule is Cc1nc2ccc(NC(=O)c3ccncc3)cn2c1Br. The summed E-state index contributed by atoms with van der Waals surface area (Å²) in [6.07, 6.45) is 5.01. The number of nitrogens with one attached hydrogen (secondary N) is 1. The highest BCUT2D eigenvalue weighted by Gasteiger charge is 2.09. The third kappa shape index (κ3) is 2.30. The molecule has 0 unspecified atom stereocenters. The minimum absolute atomic E-state index is 0.167. The van der Waals surface area contributed by atoms with Crippen molar-refractivity contribution in [3.05, 3.63) is 58.7 Å². The van der Waals surface area contributed by atoms with Crippen molar-refractivity contribution >= 4 is 33.2 Å². The molecule has 1 N–H and O–H groups in total. The second-order valence-electron chi connectivity index (χ2n) is 4.32. The minimum atomic E-state index is -0.167. The van der Waals surface area contributed by atoms with Gasteiger partial charge < -0.3 is 5.32 Å². The lowest BCUT2D eigenvalue weighted by atomic mass is 10.2. The predicted molar refractivity (Wildman–Crippen MR) is 79.8 cm³/mol. The second kappa shape index (κ2) is 5.05. The standard InChI is InChI=1S/C14H11BrN4O/c1-9-13(15)19-8-11(2-3-12(19)17-9)18-14(20)10-4-6-16-7-5-10/h2-8H,1H3,(H,18,20). The lowest BCUT2D eigenvalue weighted by Gasteiger charge is -2.06. The van der Waals surface area contributed by atoms with E-state index in [1.165, 1.54) is 0 Å². The molecule has 0 fully saturated rings. The molecule has 20 heavy (non-hydrogen) atoms. The van der Waals surface area contributed by atoms with Crippen molar-refractivity contribution in [2.45, 2.75) is 6.92 Å². The van der Waals surface area contributed by atoms with Crippen LogP contribution in [0.15, 0.2) is 47.5 Å². The molecule has 3 heterocycles. The monoisotopic (exact) mass is 330 g/mol. The molecule has 0 saturated carbocycles. The van der Waals surface area contributed by atoms with Crippen LogP contribution >= 0.6 is 15.9 Å². The van der Waals surface area contributed by atoms with Crippen LogP contribution in [-0.2, 0) is 0 Å². The zero-order valence-electron chi connectivity index (χ0n) is 10.7. The summed E-state index contributed by atoms with van der Waals surface area (Å²) < 4.78 is 2.77. The Hall–Kier alpha value is -2.21. The van der Waals surface area contributed by atoms with Gasteiger partial charge in [0, 0.05) is 24.2 Å². The van der Waals surface area contributed by atoms with Crippen molar-refractivity contribution in [1.82, 2.24) is 14.4 Å². The molecule has 0 radical (unpaired) electrons. The van der Waals surface area contributed by atoms with Gasteiger partial charge in [-0.15, -0.1) is 0 Å². The Balaban J connectivity index is 1.91. The Labute approximate surface area is 123 Å². The summed E-state index contributed by atoms with van der Waals surface area (Å²) in [6, 6.07) is 7.03. The zero-order chi connectivity index (χ0) is 14.1. The molecule has 0 spiro atoms. The third-order valence-electron chi connectivity index (χ3n) is 2.92. The summed E-state index contributed by atoms with van der Waals surface area (Å²) in [7, 11) is 0. The van der Waals surface area contributed by atoms with E-state index >= 15 is 0 Å². The van der Waals surface area contributed by atoms with Gasteiger partial charge in [0.15, 0.2) is 0 Å². The van der Waals surface area contributed by atoms with E-state index in [4.69, 9.17) is 0 Å². The van der Waals surface area contributed by atoms with E-state index in [1.54, 1.807) is 24.5 Å². The van der Waals surface area contributed by atoms with E-state index in [0.29, 0.717) is 11.3 Å². The fourth-order valence-electron chi connectivity index (χ4n) is 1.91. The molecule has 100 valence electrons. The fourth-order valence-corrected chi connectivity index (χ4v) is 2.29. The van der Waals surface area contributed by atoms with Gasteiger partial charge in [-0.05, 0) is 47.1 Å². The van der Waals surface area contributed by atoms with Gasteiger partial charge in [0.1, 0.15) is 10.3 Å². The predicted octanol–water partition coefficient (Wildman–Crippen LogP) is 3.05. The number of amides is 1. The van der Waals surface area contributed by atoms with Gasteiger partial charge in [-0.3, -0.25) is 14.2 Å². The average Bonchev–Trinajstić information content (AvgIpc) is 2.75. The van der Waals surface area contributed by atoms with Crippen LogP contribution in [0.1, 0.15) is 16.1 Å². The molecule has 1 amide bonds. The lowest BCUT2D eigenvalue weighted by molar-refractivity contribution is 0.102. The quantitative estimate of drug-likeness (QED) is 0.785. The highest BCUT2D eigenvalue weighted by Crippen LogP contribution is 2.20.